The van der Waals surface area contributed by atoms with Gasteiger partial charge in [-0.1, -0.05) is 80.5 Å². The molecule has 0 heterocycles. The van der Waals surface area contributed by atoms with Gasteiger partial charge in [0.25, 0.3) is 0 Å². The van der Waals surface area contributed by atoms with Crippen LogP contribution in [0, 0.1) is 0 Å². The molecule has 0 saturated carbocycles. The van der Waals surface area contributed by atoms with Crippen molar-refractivity contribution in [2.24, 2.45) is 0 Å². The van der Waals surface area contributed by atoms with Crippen molar-refractivity contribution in [1.29, 1.82) is 0 Å². The fourth-order valence-electron chi connectivity index (χ4n) is 2.04. The first-order valence-corrected chi connectivity index (χ1v) is 9.24. The smallest absolute Gasteiger partial charge is 0.303 e. The fourth-order valence-corrected chi connectivity index (χ4v) is 2.04. The molecule has 0 aliphatic heterocycles. The van der Waals surface area contributed by atoms with E-state index in [9.17, 15) is 4.79 Å². The van der Waals surface area contributed by atoms with Crippen LogP contribution in [-0.2, 0) is 4.79 Å². The van der Waals surface area contributed by atoms with E-state index in [2.05, 4.69) is 55.5 Å². The lowest BCUT2D eigenvalue weighted by Gasteiger charge is -1.90. The molecule has 1 N–H and O–H groups in total. The van der Waals surface area contributed by atoms with E-state index in [0.717, 1.165) is 25.7 Å². The van der Waals surface area contributed by atoms with Gasteiger partial charge in [0, 0.05) is 6.42 Å². The third kappa shape index (κ3) is 20.2. The van der Waals surface area contributed by atoms with Gasteiger partial charge in [0.2, 0.25) is 0 Å². The lowest BCUT2D eigenvalue weighted by molar-refractivity contribution is -0.136. The average molecular weight is 331 g/mol. The minimum Gasteiger partial charge on any atom is -0.481 e. The molecule has 0 aliphatic carbocycles. The van der Waals surface area contributed by atoms with Crippen molar-refractivity contribution >= 4 is 5.97 Å². The molecule has 0 rings (SSSR count). The number of allylic oxidation sites excluding steroid dienone is 10. The first-order chi connectivity index (χ1) is 11.8. The molecule has 0 fully saturated rings. The maximum atomic E-state index is 10.3. The molecule has 0 aliphatic rings. The molecule has 0 unspecified atom stereocenters. The van der Waals surface area contributed by atoms with E-state index in [-0.39, 0.29) is 6.42 Å². The number of hydrogen-bond acceptors (Lipinski definition) is 1. The quantitative estimate of drug-likeness (QED) is 0.265. The van der Waals surface area contributed by atoms with E-state index in [0.29, 0.717) is 6.42 Å². The molecule has 2 heteroatoms. The molecular weight excluding hydrogens is 296 g/mol. The van der Waals surface area contributed by atoms with Crippen molar-refractivity contribution < 1.29 is 9.90 Å². The molecule has 134 valence electrons. The molecule has 0 aromatic carbocycles. The summed E-state index contributed by atoms with van der Waals surface area (Å²) in [6, 6.07) is 0. The number of hydrogen-bond donors (Lipinski definition) is 1. The van der Waals surface area contributed by atoms with Crippen LogP contribution in [-0.4, -0.2) is 11.1 Å². The van der Waals surface area contributed by atoms with Crippen molar-refractivity contribution in [1.82, 2.24) is 0 Å². The van der Waals surface area contributed by atoms with E-state index >= 15 is 0 Å². The van der Waals surface area contributed by atoms with Gasteiger partial charge in [-0.05, 0) is 44.9 Å². The Bertz CT molecular complexity index is 425. The van der Waals surface area contributed by atoms with Crippen molar-refractivity contribution in [2.75, 3.05) is 0 Å². The van der Waals surface area contributed by atoms with Gasteiger partial charge in [-0.3, -0.25) is 4.79 Å². The maximum absolute atomic E-state index is 10.3. The van der Waals surface area contributed by atoms with Crippen LogP contribution in [0.5, 0.6) is 0 Å². The van der Waals surface area contributed by atoms with Gasteiger partial charge in [0.05, 0.1) is 0 Å². The van der Waals surface area contributed by atoms with Crippen LogP contribution < -0.4 is 0 Å². The molecule has 0 aromatic rings. The van der Waals surface area contributed by atoms with Gasteiger partial charge in [-0.2, -0.15) is 0 Å². The highest BCUT2D eigenvalue weighted by Crippen LogP contribution is 2.01. The largest absolute Gasteiger partial charge is 0.481 e. The molecule has 2 nitrogen and oxygen atoms in total. The third-order valence-corrected chi connectivity index (χ3v) is 3.42. The number of aliphatic carboxylic acids is 1. The van der Waals surface area contributed by atoms with Gasteiger partial charge in [-0.15, -0.1) is 0 Å². The summed E-state index contributed by atoms with van der Waals surface area (Å²) in [5, 5.41) is 8.49. The zero-order valence-electron chi connectivity index (χ0n) is 15.2. The second-order valence-electron chi connectivity index (χ2n) is 5.73. The van der Waals surface area contributed by atoms with Crippen LogP contribution in [0.4, 0.5) is 0 Å². The molecule has 0 bridgehead atoms. The SMILES string of the molecule is CCCCC/C=C\C/C=C\C/C=C\C/C=C/C/C=C/CCC(=O)O. The number of rotatable bonds is 15. The van der Waals surface area contributed by atoms with Crippen molar-refractivity contribution in [3.8, 4) is 0 Å². The van der Waals surface area contributed by atoms with E-state index in [4.69, 9.17) is 5.11 Å². The predicted octanol–water partition coefficient (Wildman–Crippen LogP) is 6.77. The summed E-state index contributed by atoms with van der Waals surface area (Å²) in [7, 11) is 0. The summed E-state index contributed by atoms with van der Waals surface area (Å²) in [6.45, 7) is 2.23. The van der Waals surface area contributed by atoms with Gasteiger partial charge in [0.1, 0.15) is 0 Å². The number of carboxylic acid groups (broad SMARTS) is 1. The lowest BCUT2D eigenvalue weighted by atomic mass is 10.2. The minimum atomic E-state index is -0.739. The summed E-state index contributed by atoms with van der Waals surface area (Å²) in [5.74, 6) is -0.739. The first-order valence-electron chi connectivity index (χ1n) is 9.24. The Morgan fingerprint density at radius 3 is 1.50 bits per heavy atom. The summed E-state index contributed by atoms with van der Waals surface area (Å²) in [5.41, 5.74) is 0. The van der Waals surface area contributed by atoms with Crippen LogP contribution in [0.25, 0.3) is 0 Å². The number of unbranched alkanes of at least 4 members (excludes halogenated alkanes) is 3. The van der Waals surface area contributed by atoms with Crippen molar-refractivity contribution in [3.63, 3.8) is 0 Å². The molecule has 24 heavy (non-hydrogen) atoms. The zero-order valence-corrected chi connectivity index (χ0v) is 15.2. The zero-order chi connectivity index (χ0) is 17.7. The van der Waals surface area contributed by atoms with E-state index in [1.807, 2.05) is 12.2 Å². The molecule has 0 aromatic heterocycles. The van der Waals surface area contributed by atoms with Crippen LogP contribution in [0.3, 0.4) is 0 Å². The maximum Gasteiger partial charge on any atom is 0.303 e. The second kappa shape index (κ2) is 19.2. The summed E-state index contributed by atoms with van der Waals surface area (Å²) in [4.78, 5) is 10.3. The fraction of sp³-hybridized carbons (Fsp3) is 0.500. The van der Waals surface area contributed by atoms with Crippen LogP contribution in [0.2, 0.25) is 0 Å². The van der Waals surface area contributed by atoms with Gasteiger partial charge in [0.15, 0.2) is 0 Å². The summed E-state index contributed by atoms with van der Waals surface area (Å²) < 4.78 is 0. The standard InChI is InChI=1S/C22H34O2/c1-2-3-4-5-6-7-8-9-10-11-12-13-14-15-16-17-18-19-20-21-22(23)24/h6-7,9-10,12-13,15-16,18-19H,2-5,8,11,14,17,20-21H2,1H3,(H,23,24)/b7-6-,10-9-,13-12-,16-15+,19-18+. The van der Waals surface area contributed by atoms with Gasteiger partial charge in [-0.25, -0.2) is 0 Å². The normalized spacial score (nSPS) is 12.7. The van der Waals surface area contributed by atoms with E-state index in [1.165, 1.54) is 25.7 Å². The molecule has 0 atom stereocenters. The first kappa shape index (κ1) is 22.2. The third-order valence-electron chi connectivity index (χ3n) is 3.42. The molecular formula is C22H34O2. The summed E-state index contributed by atoms with van der Waals surface area (Å²) >= 11 is 0. The molecule has 0 amide bonds. The second-order valence-corrected chi connectivity index (χ2v) is 5.73. The van der Waals surface area contributed by atoms with E-state index < -0.39 is 5.97 Å². The van der Waals surface area contributed by atoms with Gasteiger partial charge >= 0.3 is 5.97 Å². The van der Waals surface area contributed by atoms with Crippen molar-refractivity contribution in [3.05, 3.63) is 60.8 Å². The lowest BCUT2D eigenvalue weighted by Crippen LogP contribution is -1.91. The Hall–Kier alpha value is -1.83. The molecule has 0 spiro atoms. The molecule has 0 saturated heterocycles. The predicted molar refractivity (Wildman–Crippen MR) is 105 cm³/mol. The van der Waals surface area contributed by atoms with Crippen LogP contribution in [0.15, 0.2) is 60.8 Å². The van der Waals surface area contributed by atoms with Gasteiger partial charge < -0.3 is 5.11 Å². The highest BCUT2D eigenvalue weighted by molar-refractivity contribution is 5.66. The average Bonchev–Trinajstić information content (AvgIpc) is 2.56. The Kier molecular flexibility index (Phi) is 17.8. The highest BCUT2D eigenvalue weighted by atomic mass is 16.4. The van der Waals surface area contributed by atoms with Crippen LogP contribution >= 0.6 is 0 Å². The minimum absolute atomic E-state index is 0.213. The Morgan fingerprint density at radius 1 is 0.667 bits per heavy atom. The monoisotopic (exact) mass is 330 g/mol. The Balaban J connectivity index is 3.46. The van der Waals surface area contributed by atoms with Crippen molar-refractivity contribution in [2.45, 2.75) is 71.1 Å². The number of carbonyl (C=O) groups is 1. The topological polar surface area (TPSA) is 37.3 Å². The number of carboxylic acids is 1. The highest BCUT2D eigenvalue weighted by Gasteiger charge is 1.90. The Labute approximate surface area is 148 Å². The Morgan fingerprint density at radius 2 is 1.08 bits per heavy atom. The van der Waals surface area contributed by atoms with E-state index in [1.54, 1.807) is 0 Å². The summed E-state index contributed by atoms with van der Waals surface area (Å²) in [6.07, 6.45) is 31.4. The van der Waals surface area contributed by atoms with Crippen LogP contribution in [0.1, 0.15) is 71.1 Å². The molecule has 0 radical (unpaired) electrons.